The van der Waals surface area contributed by atoms with E-state index in [1.54, 1.807) is 0 Å². The van der Waals surface area contributed by atoms with Gasteiger partial charge in [0.25, 0.3) is 0 Å². The van der Waals surface area contributed by atoms with E-state index in [0.29, 0.717) is 0 Å². The van der Waals surface area contributed by atoms with Crippen LogP contribution in [0.15, 0.2) is 30.5 Å². The van der Waals surface area contributed by atoms with Gasteiger partial charge in [-0.1, -0.05) is 24.3 Å². The molecule has 2 nitrogen and oxygen atoms in total. The highest BCUT2D eigenvalue weighted by Gasteiger charge is 2.09. The molecule has 1 aromatic carbocycles. The van der Waals surface area contributed by atoms with Gasteiger partial charge in [-0.05, 0) is 17.2 Å². The number of hydrogen-bond donors (Lipinski definition) is 0. The summed E-state index contributed by atoms with van der Waals surface area (Å²) in [7, 11) is 0. The minimum Gasteiger partial charge on any atom is -0.306 e. The Kier molecular flexibility index (Phi) is 2.24. The predicted molar refractivity (Wildman–Crippen MR) is 54.2 cm³/mol. The molecule has 1 aliphatic heterocycles. The lowest BCUT2D eigenvalue weighted by atomic mass is 10.1. The molecule has 1 heterocycles. The fourth-order valence-electron chi connectivity index (χ4n) is 1.34. The second kappa shape index (κ2) is 3.55. The molecular weight excluding hydrogens is 180 g/mol. The maximum absolute atomic E-state index is 8.50. The van der Waals surface area contributed by atoms with E-state index in [0.717, 1.165) is 6.54 Å². The molecule has 1 aliphatic rings. The third-order valence-electron chi connectivity index (χ3n) is 1.96. The first-order valence-electron chi connectivity index (χ1n) is 3.99. The third-order valence-corrected chi connectivity index (χ3v) is 2.53. The molecule has 0 saturated heterocycles. The van der Waals surface area contributed by atoms with E-state index in [2.05, 4.69) is 17.5 Å². The SMILES string of the molecule is N#CSN1C=Cc2ccccc2C1. The van der Waals surface area contributed by atoms with Crippen molar-refractivity contribution in [2.24, 2.45) is 0 Å². The van der Waals surface area contributed by atoms with Crippen LogP contribution in [0.1, 0.15) is 11.1 Å². The lowest BCUT2D eigenvalue weighted by molar-refractivity contribution is 0.617. The van der Waals surface area contributed by atoms with Crippen LogP contribution >= 0.6 is 11.9 Å². The first-order chi connectivity index (χ1) is 6.40. The van der Waals surface area contributed by atoms with Gasteiger partial charge < -0.3 is 4.31 Å². The zero-order valence-electron chi connectivity index (χ0n) is 6.97. The summed E-state index contributed by atoms with van der Waals surface area (Å²) >= 11 is 1.17. The van der Waals surface area contributed by atoms with Crippen molar-refractivity contribution in [2.75, 3.05) is 0 Å². The van der Waals surface area contributed by atoms with Crippen molar-refractivity contribution >= 4 is 18.0 Å². The Balaban J connectivity index is 2.25. The number of nitrogens with zero attached hydrogens (tertiary/aromatic N) is 2. The van der Waals surface area contributed by atoms with Crippen molar-refractivity contribution in [2.45, 2.75) is 6.54 Å². The van der Waals surface area contributed by atoms with Gasteiger partial charge in [0.05, 0.1) is 18.5 Å². The molecule has 2 rings (SSSR count). The number of thiocyanates is 1. The molecule has 0 aliphatic carbocycles. The van der Waals surface area contributed by atoms with Crippen LogP contribution in [0, 0.1) is 10.7 Å². The van der Waals surface area contributed by atoms with Crippen molar-refractivity contribution in [3.63, 3.8) is 0 Å². The summed E-state index contributed by atoms with van der Waals surface area (Å²) in [6, 6.07) is 8.22. The summed E-state index contributed by atoms with van der Waals surface area (Å²) in [5.74, 6) is 0. The number of benzene rings is 1. The second-order valence-corrected chi connectivity index (χ2v) is 3.61. The summed E-state index contributed by atoms with van der Waals surface area (Å²) < 4.78 is 1.92. The minimum absolute atomic E-state index is 0.810. The molecule has 0 N–H and O–H groups in total. The highest BCUT2D eigenvalue weighted by Crippen LogP contribution is 2.23. The monoisotopic (exact) mass is 188 g/mol. The second-order valence-electron chi connectivity index (χ2n) is 2.77. The topological polar surface area (TPSA) is 27.0 Å². The zero-order valence-corrected chi connectivity index (χ0v) is 7.79. The van der Waals surface area contributed by atoms with Gasteiger partial charge in [-0.3, -0.25) is 0 Å². The molecule has 3 heteroatoms. The van der Waals surface area contributed by atoms with Crippen LogP contribution in [-0.4, -0.2) is 4.31 Å². The minimum atomic E-state index is 0.810. The molecule has 64 valence electrons. The molecule has 13 heavy (non-hydrogen) atoms. The maximum atomic E-state index is 8.50. The Bertz CT molecular complexity index is 379. The van der Waals surface area contributed by atoms with E-state index in [-0.39, 0.29) is 0 Å². The molecule has 0 fully saturated rings. The largest absolute Gasteiger partial charge is 0.306 e. The molecule has 0 bridgehead atoms. The Morgan fingerprint density at radius 2 is 2.23 bits per heavy atom. The average molecular weight is 188 g/mol. The van der Waals surface area contributed by atoms with Gasteiger partial charge in [0, 0.05) is 6.20 Å². The summed E-state index contributed by atoms with van der Waals surface area (Å²) in [5, 5.41) is 10.6. The van der Waals surface area contributed by atoms with Gasteiger partial charge in [-0.25, -0.2) is 0 Å². The molecule has 1 aromatic rings. The standard InChI is InChI=1S/C10H8N2S/c11-8-13-12-6-5-9-3-1-2-4-10(9)7-12/h1-6H,7H2. The van der Waals surface area contributed by atoms with E-state index < -0.39 is 0 Å². The first kappa shape index (κ1) is 8.21. The molecule has 0 unspecified atom stereocenters. The van der Waals surface area contributed by atoms with Crippen molar-refractivity contribution in [1.29, 1.82) is 5.26 Å². The predicted octanol–water partition coefficient (Wildman–Crippen LogP) is 2.60. The molecule has 0 radical (unpaired) electrons. The van der Waals surface area contributed by atoms with E-state index in [4.69, 9.17) is 5.26 Å². The molecule has 0 saturated carbocycles. The van der Waals surface area contributed by atoms with E-state index in [1.807, 2.05) is 28.7 Å². The van der Waals surface area contributed by atoms with Crippen molar-refractivity contribution in [3.05, 3.63) is 41.6 Å². The fourth-order valence-corrected chi connectivity index (χ4v) is 1.77. The summed E-state index contributed by atoms with van der Waals surface area (Å²) in [6.45, 7) is 0.810. The molecule has 0 spiro atoms. The normalized spacial score (nSPS) is 13.6. The smallest absolute Gasteiger partial charge is 0.156 e. The number of rotatable bonds is 1. The van der Waals surface area contributed by atoms with Crippen LogP contribution in [0.25, 0.3) is 6.08 Å². The van der Waals surface area contributed by atoms with Gasteiger partial charge in [0.1, 0.15) is 0 Å². The molecular formula is C10H8N2S. The van der Waals surface area contributed by atoms with Crippen molar-refractivity contribution in [3.8, 4) is 5.40 Å². The number of fused-ring (bicyclic) bond motifs is 1. The third kappa shape index (κ3) is 1.68. The van der Waals surface area contributed by atoms with E-state index in [9.17, 15) is 0 Å². The van der Waals surface area contributed by atoms with Crippen LogP contribution in [0.3, 0.4) is 0 Å². The highest BCUT2D eigenvalue weighted by atomic mass is 32.2. The summed E-state index contributed by atoms with van der Waals surface area (Å²) in [4.78, 5) is 0. The first-order valence-corrected chi connectivity index (χ1v) is 4.76. The summed E-state index contributed by atoms with van der Waals surface area (Å²) in [5.41, 5.74) is 2.52. The molecule has 0 atom stereocenters. The summed E-state index contributed by atoms with van der Waals surface area (Å²) in [6.07, 6.45) is 3.97. The average Bonchev–Trinajstić information content (AvgIpc) is 2.18. The van der Waals surface area contributed by atoms with Gasteiger partial charge in [-0.2, -0.15) is 5.26 Å². The van der Waals surface area contributed by atoms with Crippen LogP contribution in [0.4, 0.5) is 0 Å². The van der Waals surface area contributed by atoms with Crippen molar-refractivity contribution < 1.29 is 0 Å². The fraction of sp³-hybridized carbons (Fsp3) is 0.100. The highest BCUT2D eigenvalue weighted by molar-refractivity contribution is 8.01. The lowest BCUT2D eigenvalue weighted by Crippen LogP contribution is -2.11. The van der Waals surface area contributed by atoms with Crippen LogP contribution in [-0.2, 0) is 6.54 Å². The number of hydrogen-bond acceptors (Lipinski definition) is 3. The molecule has 0 amide bonds. The van der Waals surface area contributed by atoms with E-state index in [1.165, 1.54) is 23.1 Å². The van der Waals surface area contributed by atoms with Gasteiger partial charge >= 0.3 is 0 Å². The lowest BCUT2D eigenvalue weighted by Gasteiger charge is -2.20. The Labute approximate surface area is 81.6 Å². The van der Waals surface area contributed by atoms with Crippen LogP contribution in [0.2, 0.25) is 0 Å². The van der Waals surface area contributed by atoms with Crippen LogP contribution in [0.5, 0.6) is 0 Å². The van der Waals surface area contributed by atoms with E-state index >= 15 is 0 Å². The van der Waals surface area contributed by atoms with Gasteiger partial charge in [-0.15, -0.1) is 0 Å². The zero-order chi connectivity index (χ0) is 9.10. The van der Waals surface area contributed by atoms with Gasteiger partial charge in [0.2, 0.25) is 0 Å². The Hall–Kier alpha value is -1.40. The quantitative estimate of drug-likeness (QED) is 0.500. The Morgan fingerprint density at radius 1 is 1.38 bits per heavy atom. The van der Waals surface area contributed by atoms with Crippen LogP contribution < -0.4 is 0 Å². The Morgan fingerprint density at radius 3 is 3.08 bits per heavy atom. The molecule has 0 aromatic heterocycles. The van der Waals surface area contributed by atoms with Crippen molar-refractivity contribution in [1.82, 2.24) is 4.31 Å². The number of nitriles is 1. The van der Waals surface area contributed by atoms with Gasteiger partial charge in [0.15, 0.2) is 5.40 Å². The maximum Gasteiger partial charge on any atom is 0.156 e.